The highest BCUT2D eigenvalue weighted by Gasteiger charge is 2.47. The number of esters is 1. The first kappa shape index (κ1) is 130. The van der Waals surface area contributed by atoms with Crippen LogP contribution in [0.3, 0.4) is 0 Å². The molecule has 6 aliphatic heterocycles. The lowest BCUT2D eigenvalue weighted by atomic mass is 9.92. The topological polar surface area (TPSA) is 372 Å². The minimum absolute atomic E-state index is 0. The Bertz CT molecular complexity index is 2420. The van der Waals surface area contributed by atoms with Gasteiger partial charge in [0.15, 0.2) is 14.5 Å². The number of hydrogen-bond acceptors (Lipinski definition) is 29. The third-order valence-electron chi connectivity index (χ3n) is 19.0. The van der Waals surface area contributed by atoms with E-state index in [2.05, 4.69) is 57.0 Å². The molecule has 6 rings (SSSR count). The molecule has 0 saturated carbocycles. The average molecular weight is 1770 g/mol. The van der Waals surface area contributed by atoms with Crippen LogP contribution in [-0.2, 0) is 104 Å². The van der Waals surface area contributed by atoms with Gasteiger partial charge in [0.05, 0.1) is 125 Å². The maximum Gasteiger partial charge on any atom is 0.306 e. The summed E-state index contributed by atoms with van der Waals surface area (Å²) < 4.78 is 108. The van der Waals surface area contributed by atoms with Crippen LogP contribution >= 0.6 is 20.0 Å². The third kappa shape index (κ3) is 54.3. The number of carbonyl (C=O) groups is 2. The van der Waals surface area contributed by atoms with E-state index in [9.17, 15) is 30.0 Å². The van der Waals surface area contributed by atoms with Gasteiger partial charge in [0.25, 0.3) is 0 Å². The molecule has 6 aliphatic rings. The summed E-state index contributed by atoms with van der Waals surface area (Å²) in [5, 5.41) is 61.2. The number of rotatable bonds is 40. The Hall–Kier alpha value is -1.97. The third-order valence-corrected chi connectivity index (χ3v) is 20.2. The lowest BCUT2D eigenvalue weighted by Crippen LogP contribution is -2.40. The number of nitrogens with one attached hydrogen (secondary N) is 2. The molecule has 121 heavy (non-hydrogen) atoms. The largest absolute Gasteiger partial charge is 0.457 e. The smallest absolute Gasteiger partial charge is 0.306 e. The van der Waals surface area contributed by atoms with E-state index in [1.54, 1.807) is 42.7 Å². The number of nitriles is 1. The number of amides is 1. The number of ether oxygens (including phenoxy) is 18. The number of nitrogens with zero attached hydrogens (tertiary/aromatic N) is 2. The summed E-state index contributed by atoms with van der Waals surface area (Å²) in [5.74, 6) is -0.227. The van der Waals surface area contributed by atoms with Crippen molar-refractivity contribution in [3.63, 3.8) is 0 Å². The van der Waals surface area contributed by atoms with Crippen LogP contribution in [0.5, 0.6) is 0 Å². The predicted octanol–water partition coefficient (Wildman–Crippen LogP) is 7.22. The van der Waals surface area contributed by atoms with Crippen molar-refractivity contribution in [2.45, 2.75) is 399 Å². The Morgan fingerprint density at radius 3 is 0.992 bits per heavy atom. The second kappa shape index (κ2) is 76.9. The number of aliphatic hydroxyl groups excluding tert-OH is 5. The van der Waals surface area contributed by atoms with E-state index in [0.29, 0.717) is 89.5 Å². The summed E-state index contributed by atoms with van der Waals surface area (Å²) in [6.45, 7) is 45.2. The highest BCUT2D eigenvalue weighted by atomic mass is 35.5. The lowest BCUT2D eigenvalue weighted by molar-refractivity contribution is -0.159. The molecule has 6 fully saturated rings. The van der Waals surface area contributed by atoms with Crippen molar-refractivity contribution in [1.82, 2.24) is 10.6 Å². The second-order valence-electron chi connectivity index (χ2n) is 29.3. The van der Waals surface area contributed by atoms with Gasteiger partial charge in [0.1, 0.15) is 115 Å². The number of halogens is 1. The fourth-order valence-electron chi connectivity index (χ4n) is 11.2. The molecule has 31 atom stereocenters. The summed E-state index contributed by atoms with van der Waals surface area (Å²) in [7, 11) is 44.6. The van der Waals surface area contributed by atoms with Gasteiger partial charge in [0.2, 0.25) is 12.5 Å². The Morgan fingerprint density at radius 2 is 0.760 bits per heavy atom. The van der Waals surface area contributed by atoms with Crippen LogP contribution in [0.4, 0.5) is 0 Å². The van der Waals surface area contributed by atoms with Gasteiger partial charge in [-0.05, 0) is 86.5 Å². The van der Waals surface area contributed by atoms with Crippen LogP contribution in [0.1, 0.15) is 204 Å². The minimum atomic E-state index is -1.10. The van der Waals surface area contributed by atoms with E-state index in [-0.39, 0.29) is 120 Å². The standard InChI is InChI=1S/C15H26BNO6.C14H25BNO5P.3C10H19BO4.C6H11BO3.C6H15N.C5H12O.C3H4ClN.3CH4/c1-5-10-13(23-12(19)7-6-11(18)17-3)14(15(16)22-10)21-8-9(2)20-4;1-6-11-12(21-22(5)19-8-7-16-3)13(14(15)20-11)18-9-10(2)17-4;3*1-4-7-8(12)9(10(11)15-7)14-5-6(2)13-3;1-2-3-4(8)5(9)6(7)10-3;1-5(2)7-6(3)4;1-4-5(2)6-3;4-2-1-3-5;;;/h9-10,13-15H,5-8H2,1-4H3,(H,17,18);10-14H,6-9H2,1-2,4-5H3;3*6-10,12H,4-5H2,1-3H3;3-6,8-9H,2H2,1H3;5-7H,1-4H3;5H,4H2,1-3H3;1-2H2;3*1H4/t9?,10-,13?,14+,15-;10?,11-,12?,13+,14-,22?;3*6?,7-,8?,9+,10-;3-,4?,5+,6-;;;;;;/m111111....../s1. The van der Waals surface area contributed by atoms with Gasteiger partial charge >= 0.3 is 5.97 Å². The first-order valence-corrected chi connectivity index (χ1v) is 43.5. The van der Waals surface area contributed by atoms with E-state index in [1.807, 2.05) is 88.9 Å². The minimum Gasteiger partial charge on any atom is -0.457 e. The van der Waals surface area contributed by atoms with Crippen LogP contribution in [0, 0.1) is 17.9 Å². The summed E-state index contributed by atoms with van der Waals surface area (Å²) in [5.41, 5.74) is 0. The second-order valence-corrected chi connectivity index (χ2v) is 31.1. The van der Waals surface area contributed by atoms with Crippen molar-refractivity contribution in [1.29, 1.82) is 5.26 Å². The molecule has 0 aromatic rings. The molecule has 13 unspecified atom stereocenters. The molecule has 0 spiro atoms. The van der Waals surface area contributed by atoms with Crippen LogP contribution in [-0.4, -0.2) is 388 Å². The van der Waals surface area contributed by atoms with Crippen LogP contribution in [0.2, 0.25) is 0 Å². The van der Waals surface area contributed by atoms with Gasteiger partial charge < -0.3 is 135 Å². The van der Waals surface area contributed by atoms with Gasteiger partial charge in [-0.25, -0.2) is 6.57 Å². The molecule has 39 heteroatoms. The van der Waals surface area contributed by atoms with Gasteiger partial charge in [0, 0.05) is 123 Å². The molecule has 1 amide bonds. The molecule has 0 aromatic heterocycles. The first-order chi connectivity index (χ1) is 55.7. The van der Waals surface area contributed by atoms with Crippen molar-refractivity contribution in [2.75, 3.05) is 108 Å². The molecular weight excluding hydrogens is 1600 g/mol. The number of aliphatic hydroxyl groups is 5. The zero-order chi connectivity index (χ0) is 90.9. The van der Waals surface area contributed by atoms with Gasteiger partial charge in [-0.2, -0.15) is 5.26 Å². The van der Waals surface area contributed by atoms with Crippen molar-refractivity contribution in [3.05, 3.63) is 11.4 Å². The zero-order valence-corrected chi connectivity index (χ0v) is 77.3. The fraction of sp³-hybridized carbons (Fsp3) is 0.951. The normalized spacial score (nSPS) is 30.8. The number of carbonyl (C=O) groups excluding carboxylic acids is 2. The van der Waals surface area contributed by atoms with E-state index in [4.69, 9.17) is 170 Å². The summed E-state index contributed by atoms with van der Waals surface area (Å²) in [6, 6.07) is -0.417. The number of methoxy groups -OCH3 is 6. The van der Waals surface area contributed by atoms with Gasteiger partial charge in [-0.15, -0.1) is 11.6 Å². The summed E-state index contributed by atoms with van der Waals surface area (Å²) in [6.07, 6.45) is -1.98. The molecule has 12 radical (unpaired) electrons. The van der Waals surface area contributed by atoms with Crippen molar-refractivity contribution >= 4 is 78.9 Å². The zero-order valence-electron chi connectivity index (χ0n) is 75.6. The molecular formula is C82H162B6ClN4O27P. The molecule has 0 bridgehead atoms. The molecule has 7 N–H and O–H groups in total. The Balaban J connectivity index is -0.000000317. The fourth-order valence-corrected chi connectivity index (χ4v) is 12.3. The van der Waals surface area contributed by atoms with E-state index >= 15 is 0 Å². The van der Waals surface area contributed by atoms with Gasteiger partial charge in [-0.3, -0.25) is 9.59 Å². The van der Waals surface area contributed by atoms with Crippen molar-refractivity contribution in [2.24, 2.45) is 0 Å². The molecule has 0 aliphatic carbocycles. The van der Waals surface area contributed by atoms with Crippen molar-refractivity contribution < 1.29 is 129 Å². The molecule has 6 heterocycles. The van der Waals surface area contributed by atoms with E-state index in [0.717, 1.165) is 32.1 Å². The number of alkyl halides is 1. The molecule has 31 nitrogen and oxygen atoms in total. The lowest BCUT2D eigenvalue weighted by Gasteiger charge is -2.27. The summed E-state index contributed by atoms with van der Waals surface area (Å²) in [4.78, 5) is 26.4. The molecule has 0 aromatic carbocycles. The Morgan fingerprint density at radius 1 is 0.463 bits per heavy atom. The van der Waals surface area contributed by atoms with Crippen LogP contribution in [0.15, 0.2) is 0 Å². The average Bonchev–Trinajstić information content (AvgIpc) is 1.70. The Kier molecular flexibility index (Phi) is 82.4. The van der Waals surface area contributed by atoms with Crippen LogP contribution in [0.25, 0.3) is 4.85 Å². The maximum atomic E-state index is 11.9. The van der Waals surface area contributed by atoms with E-state index < -0.39 is 111 Å². The highest BCUT2D eigenvalue weighted by molar-refractivity contribution is 7.46. The van der Waals surface area contributed by atoms with Gasteiger partial charge in [-0.1, -0.05) is 98.4 Å². The predicted molar refractivity (Wildman–Crippen MR) is 479 cm³/mol. The quantitative estimate of drug-likeness (QED) is 0.00795. The first-order valence-electron chi connectivity index (χ1n) is 41.3. The summed E-state index contributed by atoms with van der Waals surface area (Å²) >= 11 is 5.08. The Labute approximate surface area is 745 Å². The molecule has 6 saturated heterocycles. The maximum absolute atomic E-state index is 11.9. The highest BCUT2D eigenvalue weighted by Crippen LogP contribution is 2.41. The van der Waals surface area contributed by atoms with E-state index in [1.165, 1.54) is 7.05 Å². The monoisotopic (exact) mass is 1770 g/mol. The number of hydrogen-bond donors (Lipinski definition) is 7. The SMILES string of the molecule is C.C.C.CC(C)NC(C)C.CCC(C)OC.N#CCCCl.[B][C@@H]1O[C@H](CC)C(O)[C@@H]1O.[B][C@@H]1O[C@H](CC)C(O)[C@@H]1OCC(C)OC.[B][C@@H]1O[C@H](CC)C(O)[C@@H]1OCC(C)OC.[B][C@@H]1O[C@H](CC)C(O)[C@@H]1OCC(C)OC.[B][C@@H]1O[C@H](CC)C(OC(=O)CCC(=O)NC)[C@@H]1OCC(C)OC.[B][C@@H]1O[C@H](CC)C(OP(C)OCC[N+]#[C-])[C@@H]1OCC(C)OC. The van der Waals surface area contributed by atoms with Crippen molar-refractivity contribution in [3.8, 4) is 6.07 Å². The molecule has 702 valence electrons. The van der Waals surface area contributed by atoms with Crippen LogP contribution < -0.4 is 10.6 Å².